The Morgan fingerprint density at radius 1 is 1.20 bits per heavy atom. The van der Waals surface area contributed by atoms with Crippen molar-refractivity contribution in [2.24, 2.45) is 5.92 Å². The molecule has 1 aromatic heterocycles. The molecular formula is C17H23NOS. The van der Waals surface area contributed by atoms with E-state index < -0.39 is 0 Å². The third-order valence-electron chi connectivity index (χ3n) is 3.43. The van der Waals surface area contributed by atoms with E-state index in [1.165, 1.54) is 20.9 Å². The number of rotatable bonds is 6. The van der Waals surface area contributed by atoms with Crippen molar-refractivity contribution in [1.82, 2.24) is 5.32 Å². The van der Waals surface area contributed by atoms with Crippen LogP contribution in [-0.4, -0.2) is 14.2 Å². The average Bonchev–Trinajstić information content (AvgIpc) is 2.89. The lowest BCUT2D eigenvalue weighted by molar-refractivity contribution is 0.185. The summed E-state index contributed by atoms with van der Waals surface area (Å²) in [4.78, 5) is 2.72. The Labute approximate surface area is 125 Å². The summed E-state index contributed by atoms with van der Waals surface area (Å²) in [6.45, 7) is 5.16. The molecule has 1 atom stereocenters. The first-order valence-electron chi connectivity index (χ1n) is 7.01. The molecule has 2 nitrogen and oxygen atoms in total. The molecule has 20 heavy (non-hydrogen) atoms. The maximum absolute atomic E-state index is 5.20. The molecule has 0 spiro atoms. The van der Waals surface area contributed by atoms with Gasteiger partial charge in [-0.2, -0.15) is 0 Å². The van der Waals surface area contributed by atoms with Crippen LogP contribution in [-0.2, 0) is 11.3 Å². The van der Waals surface area contributed by atoms with Gasteiger partial charge in [-0.15, -0.1) is 11.3 Å². The molecule has 1 heterocycles. The van der Waals surface area contributed by atoms with Crippen LogP contribution in [0.5, 0.6) is 0 Å². The highest BCUT2D eigenvalue weighted by Crippen LogP contribution is 2.34. The van der Waals surface area contributed by atoms with E-state index in [0.29, 0.717) is 18.6 Å². The summed E-state index contributed by atoms with van der Waals surface area (Å²) in [6.07, 6.45) is 0. The molecule has 0 fully saturated rings. The minimum atomic E-state index is 0.427. The first-order chi connectivity index (χ1) is 9.65. The fourth-order valence-corrected chi connectivity index (χ4v) is 3.75. The lowest BCUT2D eigenvalue weighted by Crippen LogP contribution is -2.20. The number of hydrogen-bond donors (Lipinski definition) is 1. The predicted molar refractivity (Wildman–Crippen MR) is 87.1 cm³/mol. The van der Waals surface area contributed by atoms with Crippen LogP contribution in [0, 0.1) is 5.92 Å². The van der Waals surface area contributed by atoms with E-state index in [2.05, 4.69) is 55.6 Å². The molecule has 2 rings (SSSR count). The summed E-state index contributed by atoms with van der Waals surface area (Å²) in [5.41, 5.74) is 2.49. The molecule has 0 saturated heterocycles. The third kappa shape index (κ3) is 3.48. The van der Waals surface area contributed by atoms with Crippen LogP contribution in [0.2, 0.25) is 0 Å². The summed E-state index contributed by atoms with van der Waals surface area (Å²) in [5.74, 6) is 0.589. The van der Waals surface area contributed by atoms with Crippen LogP contribution in [0.4, 0.5) is 0 Å². The number of hydrogen-bond acceptors (Lipinski definition) is 3. The monoisotopic (exact) mass is 289 g/mol. The molecule has 108 valence electrons. The SMILES string of the molecule is CNC(c1ccc(-c2cccc(COC)c2)s1)C(C)C. The Morgan fingerprint density at radius 2 is 2.00 bits per heavy atom. The summed E-state index contributed by atoms with van der Waals surface area (Å²) < 4.78 is 5.20. The summed E-state index contributed by atoms with van der Waals surface area (Å²) in [7, 11) is 3.76. The lowest BCUT2D eigenvalue weighted by Gasteiger charge is -2.18. The normalized spacial score (nSPS) is 12.8. The molecule has 0 saturated carbocycles. The van der Waals surface area contributed by atoms with Gasteiger partial charge in [0, 0.05) is 22.9 Å². The van der Waals surface area contributed by atoms with E-state index in [4.69, 9.17) is 4.74 Å². The van der Waals surface area contributed by atoms with Gasteiger partial charge in [-0.1, -0.05) is 32.0 Å². The zero-order valence-electron chi connectivity index (χ0n) is 12.6. The van der Waals surface area contributed by atoms with Crippen molar-refractivity contribution in [3.05, 3.63) is 46.8 Å². The van der Waals surface area contributed by atoms with Gasteiger partial charge in [-0.3, -0.25) is 0 Å². The van der Waals surface area contributed by atoms with Crippen molar-refractivity contribution in [3.63, 3.8) is 0 Å². The molecule has 2 aromatic rings. The molecular weight excluding hydrogens is 266 g/mol. The molecule has 0 aliphatic rings. The number of ether oxygens (including phenoxy) is 1. The summed E-state index contributed by atoms with van der Waals surface area (Å²) in [6, 6.07) is 13.5. The molecule has 1 aromatic carbocycles. The number of methoxy groups -OCH3 is 1. The summed E-state index contributed by atoms with van der Waals surface area (Å²) in [5, 5.41) is 3.40. The molecule has 0 bridgehead atoms. The topological polar surface area (TPSA) is 21.3 Å². The highest BCUT2D eigenvalue weighted by atomic mass is 32.1. The van der Waals surface area contributed by atoms with Gasteiger partial charge in [0.15, 0.2) is 0 Å². The largest absolute Gasteiger partial charge is 0.380 e. The van der Waals surface area contributed by atoms with E-state index in [9.17, 15) is 0 Å². The van der Waals surface area contributed by atoms with Crippen LogP contribution < -0.4 is 5.32 Å². The van der Waals surface area contributed by atoms with Crippen LogP contribution in [0.1, 0.15) is 30.3 Å². The Balaban J connectivity index is 2.26. The minimum Gasteiger partial charge on any atom is -0.380 e. The van der Waals surface area contributed by atoms with Gasteiger partial charge in [-0.05, 0) is 42.3 Å². The predicted octanol–water partition coefficient (Wildman–Crippen LogP) is 4.48. The zero-order valence-corrected chi connectivity index (χ0v) is 13.5. The Kier molecular flexibility index (Phi) is 5.35. The lowest BCUT2D eigenvalue weighted by atomic mass is 10.0. The van der Waals surface area contributed by atoms with Crippen LogP contribution in [0.25, 0.3) is 10.4 Å². The Hall–Kier alpha value is -1.16. The quantitative estimate of drug-likeness (QED) is 0.846. The van der Waals surface area contributed by atoms with E-state index in [-0.39, 0.29) is 0 Å². The highest BCUT2D eigenvalue weighted by molar-refractivity contribution is 7.15. The zero-order chi connectivity index (χ0) is 14.5. The standard InChI is InChI=1S/C17H23NOS/c1-12(2)17(18-3)16-9-8-15(20-16)14-7-5-6-13(10-14)11-19-4/h5-10,12,17-18H,11H2,1-4H3. The van der Waals surface area contributed by atoms with Crippen molar-refractivity contribution >= 4 is 11.3 Å². The second kappa shape index (κ2) is 7.02. The molecule has 0 aliphatic heterocycles. The van der Waals surface area contributed by atoms with Gasteiger partial charge in [0.05, 0.1) is 6.61 Å². The molecule has 3 heteroatoms. The minimum absolute atomic E-state index is 0.427. The highest BCUT2D eigenvalue weighted by Gasteiger charge is 2.16. The van der Waals surface area contributed by atoms with Gasteiger partial charge >= 0.3 is 0 Å². The van der Waals surface area contributed by atoms with Crippen molar-refractivity contribution < 1.29 is 4.74 Å². The van der Waals surface area contributed by atoms with Crippen molar-refractivity contribution in [3.8, 4) is 10.4 Å². The van der Waals surface area contributed by atoms with Crippen LogP contribution >= 0.6 is 11.3 Å². The van der Waals surface area contributed by atoms with Gasteiger partial charge in [0.2, 0.25) is 0 Å². The van der Waals surface area contributed by atoms with Gasteiger partial charge < -0.3 is 10.1 Å². The van der Waals surface area contributed by atoms with E-state index in [0.717, 1.165) is 0 Å². The number of benzene rings is 1. The first kappa shape index (κ1) is 15.2. The van der Waals surface area contributed by atoms with Crippen molar-refractivity contribution in [1.29, 1.82) is 0 Å². The molecule has 0 amide bonds. The van der Waals surface area contributed by atoms with Gasteiger partial charge in [0.1, 0.15) is 0 Å². The smallest absolute Gasteiger partial charge is 0.0713 e. The second-order valence-electron chi connectivity index (χ2n) is 5.35. The maximum atomic E-state index is 5.20. The fraction of sp³-hybridized carbons (Fsp3) is 0.412. The molecule has 1 unspecified atom stereocenters. The first-order valence-corrected chi connectivity index (χ1v) is 7.82. The van der Waals surface area contributed by atoms with Gasteiger partial charge in [-0.25, -0.2) is 0 Å². The second-order valence-corrected chi connectivity index (χ2v) is 6.46. The molecule has 0 aliphatic carbocycles. The maximum Gasteiger partial charge on any atom is 0.0713 e. The Morgan fingerprint density at radius 3 is 2.65 bits per heavy atom. The van der Waals surface area contributed by atoms with Crippen molar-refractivity contribution in [2.45, 2.75) is 26.5 Å². The fourth-order valence-electron chi connectivity index (χ4n) is 2.46. The van der Waals surface area contributed by atoms with Crippen molar-refractivity contribution in [2.75, 3.05) is 14.2 Å². The van der Waals surface area contributed by atoms with Crippen LogP contribution in [0.3, 0.4) is 0 Å². The molecule has 1 N–H and O–H groups in total. The summed E-state index contributed by atoms with van der Waals surface area (Å²) >= 11 is 1.87. The molecule has 0 radical (unpaired) electrons. The van der Waals surface area contributed by atoms with E-state index in [1.807, 2.05) is 18.4 Å². The number of thiophene rings is 1. The number of nitrogens with one attached hydrogen (secondary N) is 1. The van der Waals surface area contributed by atoms with E-state index >= 15 is 0 Å². The van der Waals surface area contributed by atoms with Gasteiger partial charge in [0.25, 0.3) is 0 Å². The average molecular weight is 289 g/mol. The third-order valence-corrected chi connectivity index (χ3v) is 4.65. The van der Waals surface area contributed by atoms with Crippen LogP contribution in [0.15, 0.2) is 36.4 Å². The Bertz CT molecular complexity index is 547. The van der Waals surface area contributed by atoms with E-state index in [1.54, 1.807) is 7.11 Å².